The molecular weight excluding hydrogens is 248 g/mol. The summed E-state index contributed by atoms with van der Waals surface area (Å²) in [4.78, 5) is 22.4. The summed E-state index contributed by atoms with van der Waals surface area (Å²) >= 11 is 0. The molecule has 0 heterocycles. The second-order valence-corrected chi connectivity index (χ2v) is 4.95. The molecule has 2 unspecified atom stereocenters. The molecule has 2 rings (SSSR count). The average molecular weight is 264 g/mol. The highest BCUT2D eigenvalue weighted by Gasteiger charge is 2.28. The first-order chi connectivity index (χ1) is 8.99. The highest BCUT2D eigenvalue weighted by molar-refractivity contribution is 5.98. The number of nitrogens with zero attached hydrogens (tertiary/aromatic N) is 1. The summed E-state index contributed by atoms with van der Waals surface area (Å²) in [6.07, 6.45) is 2.99. The lowest BCUT2D eigenvalue weighted by Crippen LogP contribution is -2.36. The van der Waals surface area contributed by atoms with Gasteiger partial charge in [-0.05, 0) is 30.9 Å². The minimum Gasteiger partial charge on any atom is -0.508 e. The number of hydrogen-bond acceptors (Lipinski definition) is 4. The third-order valence-corrected chi connectivity index (χ3v) is 3.60. The number of carbonyl (C=O) groups is 1. The molecule has 19 heavy (non-hydrogen) atoms. The summed E-state index contributed by atoms with van der Waals surface area (Å²) in [6, 6.07) is 3.53. The molecule has 0 saturated heterocycles. The molecule has 1 aliphatic carbocycles. The van der Waals surface area contributed by atoms with Crippen molar-refractivity contribution in [2.24, 2.45) is 5.92 Å². The van der Waals surface area contributed by atoms with Crippen molar-refractivity contribution in [1.29, 1.82) is 0 Å². The van der Waals surface area contributed by atoms with Crippen LogP contribution in [0, 0.1) is 16.0 Å². The summed E-state index contributed by atoms with van der Waals surface area (Å²) < 4.78 is 0. The lowest BCUT2D eigenvalue weighted by molar-refractivity contribution is -0.385. The van der Waals surface area contributed by atoms with Crippen LogP contribution in [0.3, 0.4) is 0 Å². The fourth-order valence-corrected chi connectivity index (χ4v) is 2.47. The maximum Gasteiger partial charge on any atom is 0.282 e. The van der Waals surface area contributed by atoms with E-state index in [-0.39, 0.29) is 23.0 Å². The van der Waals surface area contributed by atoms with Crippen LogP contribution in [0.2, 0.25) is 0 Å². The number of aromatic hydroxyl groups is 1. The van der Waals surface area contributed by atoms with Crippen LogP contribution in [0.15, 0.2) is 18.2 Å². The molecule has 0 radical (unpaired) electrons. The molecule has 102 valence electrons. The number of nitrogens with one attached hydrogen (secondary N) is 1. The first-order valence-corrected chi connectivity index (χ1v) is 6.27. The van der Waals surface area contributed by atoms with Crippen LogP contribution in [0.5, 0.6) is 5.75 Å². The molecule has 1 aromatic carbocycles. The molecule has 1 amide bonds. The van der Waals surface area contributed by atoms with Crippen molar-refractivity contribution in [1.82, 2.24) is 5.32 Å². The maximum atomic E-state index is 12.1. The van der Waals surface area contributed by atoms with Crippen LogP contribution in [-0.4, -0.2) is 22.0 Å². The van der Waals surface area contributed by atoms with E-state index in [0.717, 1.165) is 31.4 Å². The Morgan fingerprint density at radius 3 is 2.79 bits per heavy atom. The molecule has 2 atom stereocenters. The van der Waals surface area contributed by atoms with E-state index >= 15 is 0 Å². The Balaban J connectivity index is 2.22. The van der Waals surface area contributed by atoms with Crippen LogP contribution < -0.4 is 5.32 Å². The van der Waals surface area contributed by atoms with Crippen LogP contribution in [0.4, 0.5) is 5.69 Å². The fraction of sp³-hybridized carbons (Fsp3) is 0.462. The van der Waals surface area contributed by atoms with Crippen LogP contribution in [0.25, 0.3) is 0 Å². The summed E-state index contributed by atoms with van der Waals surface area (Å²) in [7, 11) is 0. The predicted molar refractivity (Wildman–Crippen MR) is 69.0 cm³/mol. The normalized spacial score (nSPS) is 22.2. The third-order valence-electron chi connectivity index (χ3n) is 3.60. The molecule has 0 bridgehead atoms. The second kappa shape index (κ2) is 5.26. The van der Waals surface area contributed by atoms with E-state index < -0.39 is 10.8 Å². The van der Waals surface area contributed by atoms with Gasteiger partial charge in [-0.2, -0.15) is 0 Å². The number of nitro benzene ring substituents is 1. The molecule has 1 aliphatic rings. The van der Waals surface area contributed by atoms with Gasteiger partial charge < -0.3 is 10.4 Å². The molecule has 6 nitrogen and oxygen atoms in total. The average Bonchev–Trinajstić information content (AvgIpc) is 2.74. The van der Waals surface area contributed by atoms with Gasteiger partial charge in [0.25, 0.3) is 11.6 Å². The van der Waals surface area contributed by atoms with E-state index in [1.165, 1.54) is 6.07 Å². The summed E-state index contributed by atoms with van der Waals surface area (Å²) in [5, 5.41) is 23.1. The van der Waals surface area contributed by atoms with Gasteiger partial charge in [0.1, 0.15) is 11.3 Å². The van der Waals surface area contributed by atoms with Gasteiger partial charge in [0.2, 0.25) is 0 Å². The first-order valence-electron chi connectivity index (χ1n) is 6.27. The predicted octanol–water partition coefficient (Wildman–Crippen LogP) is 2.22. The lowest BCUT2D eigenvalue weighted by Gasteiger charge is -2.17. The number of nitro groups is 1. The minimum absolute atomic E-state index is 0.0504. The summed E-state index contributed by atoms with van der Waals surface area (Å²) in [5.41, 5.74) is -0.384. The fourth-order valence-electron chi connectivity index (χ4n) is 2.47. The third kappa shape index (κ3) is 2.83. The summed E-state index contributed by atoms with van der Waals surface area (Å²) in [5.74, 6) is -0.281. The van der Waals surface area contributed by atoms with Crippen molar-refractivity contribution >= 4 is 11.6 Å². The van der Waals surface area contributed by atoms with Gasteiger partial charge in [0.05, 0.1) is 4.92 Å². The summed E-state index contributed by atoms with van der Waals surface area (Å²) in [6.45, 7) is 2.05. The molecule has 0 spiro atoms. The van der Waals surface area contributed by atoms with Crippen LogP contribution in [-0.2, 0) is 0 Å². The Kier molecular flexibility index (Phi) is 3.69. The van der Waals surface area contributed by atoms with E-state index in [0.29, 0.717) is 5.92 Å². The van der Waals surface area contributed by atoms with Gasteiger partial charge in [0, 0.05) is 12.1 Å². The highest BCUT2D eigenvalue weighted by Crippen LogP contribution is 2.27. The quantitative estimate of drug-likeness (QED) is 0.646. The molecule has 2 N–H and O–H groups in total. The second-order valence-electron chi connectivity index (χ2n) is 4.95. The Bertz CT molecular complexity index is 515. The van der Waals surface area contributed by atoms with Gasteiger partial charge in [-0.1, -0.05) is 13.3 Å². The van der Waals surface area contributed by atoms with Crippen molar-refractivity contribution in [3.05, 3.63) is 33.9 Å². The molecule has 6 heteroatoms. The van der Waals surface area contributed by atoms with Crippen molar-refractivity contribution in [2.45, 2.75) is 32.2 Å². The molecule has 1 fully saturated rings. The van der Waals surface area contributed by atoms with Crippen LogP contribution >= 0.6 is 0 Å². The molecule has 1 saturated carbocycles. The number of carbonyl (C=O) groups excluding carboxylic acids is 1. The van der Waals surface area contributed by atoms with E-state index in [1.807, 2.05) is 0 Å². The molecule has 0 aromatic heterocycles. The molecule has 0 aliphatic heterocycles. The Hall–Kier alpha value is -2.11. The van der Waals surface area contributed by atoms with E-state index in [9.17, 15) is 20.0 Å². The lowest BCUT2D eigenvalue weighted by atomic mass is 10.1. The highest BCUT2D eigenvalue weighted by atomic mass is 16.6. The van der Waals surface area contributed by atoms with Crippen molar-refractivity contribution in [2.75, 3.05) is 0 Å². The zero-order valence-electron chi connectivity index (χ0n) is 10.6. The zero-order valence-corrected chi connectivity index (χ0v) is 10.6. The van der Waals surface area contributed by atoms with Gasteiger partial charge in [-0.25, -0.2) is 0 Å². The van der Waals surface area contributed by atoms with Crippen molar-refractivity contribution in [3.8, 4) is 5.75 Å². The smallest absolute Gasteiger partial charge is 0.282 e. The first kappa shape index (κ1) is 13.3. The van der Waals surface area contributed by atoms with Gasteiger partial charge in [-0.3, -0.25) is 14.9 Å². The van der Waals surface area contributed by atoms with E-state index in [1.54, 1.807) is 0 Å². The Morgan fingerprint density at radius 1 is 1.47 bits per heavy atom. The molecule has 1 aromatic rings. The van der Waals surface area contributed by atoms with Gasteiger partial charge in [-0.15, -0.1) is 0 Å². The number of rotatable bonds is 3. The Morgan fingerprint density at radius 2 is 2.21 bits per heavy atom. The number of amides is 1. The standard InChI is InChI=1S/C13H16N2O4/c1-8-3-2-4-11(8)14-13(17)10-7-9(16)5-6-12(10)15(18)19/h5-8,11,16H,2-4H2,1H3,(H,14,17). The van der Waals surface area contributed by atoms with E-state index in [2.05, 4.69) is 12.2 Å². The number of phenols is 1. The zero-order chi connectivity index (χ0) is 14.0. The minimum atomic E-state index is -0.619. The number of benzene rings is 1. The largest absolute Gasteiger partial charge is 0.508 e. The Labute approximate surface area is 110 Å². The van der Waals surface area contributed by atoms with Gasteiger partial charge in [0.15, 0.2) is 0 Å². The van der Waals surface area contributed by atoms with Crippen LogP contribution in [0.1, 0.15) is 36.5 Å². The monoisotopic (exact) mass is 264 g/mol. The number of phenolic OH excluding ortho intramolecular Hbond substituents is 1. The number of hydrogen-bond donors (Lipinski definition) is 2. The van der Waals surface area contributed by atoms with Crippen molar-refractivity contribution < 1.29 is 14.8 Å². The van der Waals surface area contributed by atoms with E-state index in [4.69, 9.17) is 0 Å². The topological polar surface area (TPSA) is 92.5 Å². The van der Waals surface area contributed by atoms with Gasteiger partial charge >= 0.3 is 0 Å². The molecular formula is C13H16N2O4. The van der Waals surface area contributed by atoms with Crippen molar-refractivity contribution in [3.63, 3.8) is 0 Å². The SMILES string of the molecule is CC1CCCC1NC(=O)c1cc(O)ccc1[N+](=O)[O-]. The maximum absolute atomic E-state index is 12.1.